The van der Waals surface area contributed by atoms with Gasteiger partial charge in [0.05, 0.1) is 23.1 Å². The molecule has 2 amide bonds. The van der Waals surface area contributed by atoms with Crippen LogP contribution in [0.25, 0.3) is 0 Å². The van der Waals surface area contributed by atoms with Crippen molar-refractivity contribution in [2.45, 2.75) is 17.7 Å². The van der Waals surface area contributed by atoms with E-state index in [0.717, 1.165) is 0 Å². The fourth-order valence-corrected chi connectivity index (χ4v) is 5.30. The average molecular weight is 432 g/mol. The molecule has 1 aromatic rings. The first-order chi connectivity index (χ1) is 12.8. The van der Waals surface area contributed by atoms with E-state index in [1.807, 2.05) is 0 Å². The number of rotatable bonds is 6. The van der Waals surface area contributed by atoms with Gasteiger partial charge in [0.1, 0.15) is 4.90 Å². The highest BCUT2D eigenvalue weighted by molar-refractivity contribution is 7.89. The zero-order valence-electron chi connectivity index (χ0n) is 14.4. The predicted molar refractivity (Wildman–Crippen MR) is 103 cm³/mol. The maximum atomic E-state index is 12.8. The van der Waals surface area contributed by atoms with Crippen LogP contribution >= 0.6 is 23.2 Å². The molecule has 1 aromatic carbocycles. The van der Waals surface area contributed by atoms with Crippen molar-refractivity contribution in [1.82, 2.24) is 14.9 Å². The molecular weight excluding hydrogens is 413 g/mol. The second-order valence-corrected chi connectivity index (χ2v) is 8.62. The van der Waals surface area contributed by atoms with Crippen molar-refractivity contribution >= 4 is 45.0 Å². The number of benzene rings is 1. The van der Waals surface area contributed by atoms with Crippen LogP contribution < -0.4 is 10.6 Å². The third-order valence-electron chi connectivity index (χ3n) is 4.15. The van der Waals surface area contributed by atoms with E-state index in [4.69, 9.17) is 29.6 Å². The fraction of sp³-hybridized carbons (Fsp3) is 0.412. The lowest BCUT2D eigenvalue weighted by molar-refractivity contribution is -0.129. The maximum Gasteiger partial charge on any atom is 0.246 e. The van der Waals surface area contributed by atoms with E-state index in [-0.39, 0.29) is 58.9 Å². The monoisotopic (exact) mass is 431 g/mol. The Balaban J connectivity index is 1.94. The van der Waals surface area contributed by atoms with Gasteiger partial charge in [0.2, 0.25) is 21.8 Å². The molecule has 1 saturated heterocycles. The van der Waals surface area contributed by atoms with Crippen molar-refractivity contribution in [3.8, 4) is 12.3 Å². The molecule has 0 spiro atoms. The lowest BCUT2D eigenvalue weighted by Crippen LogP contribution is -2.45. The smallest absolute Gasteiger partial charge is 0.246 e. The van der Waals surface area contributed by atoms with Crippen LogP contribution in [0.5, 0.6) is 0 Å². The highest BCUT2D eigenvalue weighted by Crippen LogP contribution is 2.33. The summed E-state index contributed by atoms with van der Waals surface area (Å²) in [5.74, 6) is 1.21. The zero-order chi connectivity index (χ0) is 20.0. The van der Waals surface area contributed by atoms with Crippen molar-refractivity contribution in [1.29, 1.82) is 0 Å². The van der Waals surface area contributed by atoms with Crippen LogP contribution in [-0.4, -0.2) is 50.7 Å². The Morgan fingerprint density at radius 3 is 2.33 bits per heavy atom. The van der Waals surface area contributed by atoms with E-state index < -0.39 is 10.0 Å². The van der Waals surface area contributed by atoms with Gasteiger partial charge in [0.15, 0.2) is 0 Å². The lowest BCUT2D eigenvalue weighted by Gasteiger charge is -2.31. The topological polar surface area (TPSA) is 95.6 Å². The number of piperidine rings is 1. The van der Waals surface area contributed by atoms with Gasteiger partial charge in [-0.05, 0) is 25.0 Å². The summed E-state index contributed by atoms with van der Waals surface area (Å²) >= 11 is 12.0. The largest absolute Gasteiger partial charge is 0.347 e. The molecule has 2 N–H and O–H groups in total. The number of amides is 2. The Kier molecular flexibility index (Phi) is 7.50. The molecule has 0 radical (unpaired) electrons. The SMILES string of the molecule is C#CCNC(=O)CNC(=O)C1CCN(S(=O)(=O)c2c(Cl)cccc2Cl)CC1. The van der Waals surface area contributed by atoms with Crippen LogP contribution in [0.15, 0.2) is 23.1 Å². The molecule has 10 heteroatoms. The Bertz CT molecular complexity index is 839. The second kappa shape index (κ2) is 9.42. The molecule has 1 heterocycles. The number of terminal acetylenes is 1. The number of hydrogen-bond acceptors (Lipinski definition) is 4. The highest BCUT2D eigenvalue weighted by atomic mass is 35.5. The molecule has 0 aliphatic carbocycles. The number of sulfonamides is 1. The third kappa shape index (κ3) is 5.36. The molecule has 2 rings (SSSR count). The number of halogens is 2. The summed E-state index contributed by atoms with van der Waals surface area (Å²) in [6, 6.07) is 4.50. The van der Waals surface area contributed by atoms with Crippen LogP contribution in [0.2, 0.25) is 10.0 Å². The molecule has 0 unspecified atom stereocenters. The van der Waals surface area contributed by atoms with Crippen LogP contribution in [0.1, 0.15) is 12.8 Å². The van der Waals surface area contributed by atoms with E-state index in [0.29, 0.717) is 12.8 Å². The number of nitrogens with one attached hydrogen (secondary N) is 2. The van der Waals surface area contributed by atoms with E-state index in [1.54, 1.807) is 6.07 Å². The van der Waals surface area contributed by atoms with Gasteiger partial charge >= 0.3 is 0 Å². The number of carbonyl (C=O) groups excluding carboxylic acids is 2. The molecule has 7 nitrogen and oxygen atoms in total. The summed E-state index contributed by atoms with van der Waals surface area (Å²) in [5.41, 5.74) is 0. The second-order valence-electron chi connectivity index (χ2n) is 5.93. The van der Waals surface area contributed by atoms with Crippen LogP contribution in [0.3, 0.4) is 0 Å². The molecule has 146 valence electrons. The van der Waals surface area contributed by atoms with Gasteiger partial charge < -0.3 is 10.6 Å². The van der Waals surface area contributed by atoms with Gasteiger partial charge in [-0.25, -0.2) is 8.42 Å². The maximum absolute atomic E-state index is 12.8. The zero-order valence-corrected chi connectivity index (χ0v) is 16.7. The highest BCUT2D eigenvalue weighted by Gasteiger charge is 2.34. The summed E-state index contributed by atoms with van der Waals surface area (Å²) in [6.07, 6.45) is 5.70. The molecule has 1 aliphatic heterocycles. The molecule has 1 aliphatic rings. The van der Waals surface area contributed by atoms with Crippen LogP contribution in [-0.2, 0) is 19.6 Å². The summed E-state index contributed by atoms with van der Waals surface area (Å²) in [7, 11) is -3.85. The van der Waals surface area contributed by atoms with Gasteiger partial charge in [-0.1, -0.05) is 35.2 Å². The normalized spacial score (nSPS) is 15.7. The molecule has 0 aromatic heterocycles. The minimum absolute atomic E-state index is 0.0559. The molecule has 0 bridgehead atoms. The number of hydrogen-bond donors (Lipinski definition) is 2. The molecule has 27 heavy (non-hydrogen) atoms. The molecule has 0 saturated carbocycles. The predicted octanol–water partition coefficient (Wildman–Crippen LogP) is 1.26. The van der Waals surface area contributed by atoms with E-state index in [2.05, 4.69) is 16.6 Å². The average Bonchev–Trinajstić information content (AvgIpc) is 2.64. The van der Waals surface area contributed by atoms with Gasteiger partial charge in [-0.2, -0.15) is 4.31 Å². The van der Waals surface area contributed by atoms with E-state index in [1.165, 1.54) is 16.4 Å². The Labute approximate surface area is 168 Å². The number of nitrogens with zero attached hydrogens (tertiary/aromatic N) is 1. The van der Waals surface area contributed by atoms with Gasteiger partial charge in [-0.3, -0.25) is 9.59 Å². The fourth-order valence-electron chi connectivity index (χ4n) is 2.74. The summed E-state index contributed by atoms with van der Waals surface area (Å²) in [4.78, 5) is 23.5. The first-order valence-electron chi connectivity index (χ1n) is 8.19. The Morgan fingerprint density at radius 2 is 1.78 bits per heavy atom. The lowest BCUT2D eigenvalue weighted by atomic mass is 9.97. The van der Waals surface area contributed by atoms with Crippen LogP contribution in [0, 0.1) is 18.3 Å². The Hall–Kier alpha value is -1.79. The van der Waals surface area contributed by atoms with Crippen LogP contribution in [0.4, 0.5) is 0 Å². The summed E-state index contributed by atoms with van der Waals surface area (Å²) in [5, 5.41) is 5.09. The minimum Gasteiger partial charge on any atom is -0.347 e. The van der Waals surface area contributed by atoms with Gasteiger partial charge in [0, 0.05) is 19.0 Å². The summed E-state index contributed by atoms with van der Waals surface area (Å²) in [6.45, 7) is 0.236. The molecular formula is C17H19Cl2N3O4S. The van der Waals surface area contributed by atoms with Gasteiger partial charge in [-0.15, -0.1) is 6.42 Å². The molecule has 0 atom stereocenters. The van der Waals surface area contributed by atoms with Crippen molar-refractivity contribution in [3.63, 3.8) is 0 Å². The third-order valence-corrected chi connectivity index (χ3v) is 7.01. The quantitative estimate of drug-likeness (QED) is 0.662. The standard InChI is InChI=1S/C17H19Cl2N3O4S/c1-2-8-20-15(23)11-21-17(24)12-6-9-22(10-7-12)27(25,26)16-13(18)4-3-5-14(16)19/h1,3-5,12H,6-11H2,(H,20,23)(H,21,24). The van der Waals surface area contributed by atoms with Crippen molar-refractivity contribution in [3.05, 3.63) is 28.2 Å². The van der Waals surface area contributed by atoms with Gasteiger partial charge in [0.25, 0.3) is 0 Å². The van der Waals surface area contributed by atoms with E-state index >= 15 is 0 Å². The Morgan fingerprint density at radius 1 is 1.19 bits per heavy atom. The van der Waals surface area contributed by atoms with E-state index in [9.17, 15) is 18.0 Å². The minimum atomic E-state index is -3.85. The first-order valence-corrected chi connectivity index (χ1v) is 10.4. The summed E-state index contributed by atoms with van der Waals surface area (Å²) < 4.78 is 26.9. The van der Waals surface area contributed by atoms with Crippen molar-refractivity contribution in [2.24, 2.45) is 5.92 Å². The first kappa shape index (κ1) is 21.5. The molecule has 1 fully saturated rings. The van der Waals surface area contributed by atoms with Crippen molar-refractivity contribution < 1.29 is 18.0 Å². The van der Waals surface area contributed by atoms with Crippen molar-refractivity contribution in [2.75, 3.05) is 26.2 Å². The number of carbonyl (C=O) groups is 2.